The van der Waals surface area contributed by atoms with Gasteiger partial charge in [0.25, 0.3) is 0 Å². The molecule has 0 amide bonds. The zero-order valence-electron chi connectivity index (χ0n) is 11.6. The summed E-state index contributed by atoms with van der Waals surface area (Å²) in [5, 5.41) is 11.0. The van der Waals surface area contributed by atoms with Crippen molar-refractivity contribution < 1.29 is 8.42 Å². The fourth-order valence-corrected chi connectivity index (χ4v) is 4.46. The number of rotatable bonds is 6. The SMILES string of the molecule is CCC(NS(=O)(=O)Cc1ccccc1C#N)c1cccs1. The second-order valence-electron chi connectivity index (χ2n) is 4.62. The summed E-state index contributed by atoms with van der Waals surface area (Å²) in [6, 6.07) is 12.4. The summed E-state index contributed by atoms with van der Waals surface area (Å²) in [6.45, 7) is 1.94. The maximum atomic E-state index is 12.3. The van der Waals surface area contributed by atoms with Crippen LogP contribution in [-0.2, 0) is 15.8 Å². The van der Waals surface area contributed by atoms with Crippen LogP contribution in [0.5, 0.6) is 0 Å². The fraction of sp³-hybridized carbons (Fsp3) is 0.267. The van der Waals surface area contributed by atoms with E-state index in [1.807, 2.05) is 30.5 Å². The first-order valence-corrected chi connectivity index (χ1v) is 9.10. The highest BCUT2D eigenvalue weighted by molar-refractivity contribution is 7.88. The van der Waals surface area contributed by atoms with Crippen molar-refractivity contribution in [3.63, 3.8) is 0 Å². The lowest BCUT2D eigenvalue weighted by Crippen LogP contribution is -2.29. The Bertz CT molecular complexity index is 731. The number of hydrogen-bond donors (Lipinski definition) is 1. The van der Waals surface area contributed by atoms with Gasteiger partial charge in [0.2, 0.25) is 10.0 Å². The van der Waals surface area contributed by atoms with Crippen molar-refractivity contribution in [1.82, 2.24) is 4.72 Å². The Hall–Kier alpha value is -1.68. The van der Waals surface area contributed by atoms with E-state index in [0.29, 0.717) is 17.5 Å². The average molecular weight is 320 g/mol. The van der Waals surface area contributed by atoms with Crippen molar-refractivity contribution in [3.05, 3.63) is 57.8 Å². The van der Waals surface area contributed by atoms with Crippen LogP contribution in [0.15, 0.2) is 41.8 Å². The molecular weight excluding hydrogens is 304 g/mol. The van der Waals surface area contributed by atoms with Crippen LogP contribution in [0.4, 0.5) is 0 Å². The van der Waals surface area contributed by atoms with Crippen LogP contribution in [0, 0.1) is 11.3 Å². The van der Waals surface area contributed by atoms with Gasteiger partial charge in [-0.2, -0.15) is 5.26 Å². The maximum absolute atomic E-state index is 12.3. The Morgan fingerprint density at radius 2 is 2.05 bits per heavy atom. The predicted molar refractivity (Wildman–Crippen MR) is 84.3 cm³/mol. The molecule has 0 saturated heterocycles. The van der Waals surface area contributed by atoms with Gasteiger partial charge in [0.1, 0.15) is 0 Å². The minimum absolute atomic E-state index is 0.182. The molecule has 2 rings (SSSR count). The number of nitrogens with one attached hydrogen (secondary N) is 1. The molecule has 0 fully saturated rings. The van der Waals surface area contributed by atoms with E-state index in [4.69, 9.17) is 5.26 Å². The summed E-state index contributed by atoms with van der Waals surface area (Å²) >= 11 is 1.53. The molecule has 0 saturated carbocycles. The molecular formula is C15H16N2O2S2. The lowest BCUT2D eigenvalue weighted by molar-refractivity contribution is 0.552. The van der Waals surface area contributed by atoms with Crippen LogP contribution < -0.4 is 4.72 Å². The van der Waals surface area contributed by atoms with Crippen molar-refractivity contribution in [2.75, 3.05) is 0 Å². The summed E-state index contributed by atoms with van der Waals surface area (Å²) in [6.07, 6.45) is 0.680. The fourth-order valence-electron chi connectivity index (χ4n) is 2.05. The van der Waals surface area contributed by atoms with Crippen LogP contribution >= 0.6 is 11.3 Å². The molecule has 2 aromatic rings. The molecule has 6 heteroatoms. The summed E-state index contributed by atoms with van der Waals surface area (Å²) in [7, 11) is -3.50. The number of nitriles is 1. The normalized spacial score (nSPS) is 12.8. The van der Waals surface area contributed by atoms with Gasteiger partial charge in [0.05, 0.1) is 23.4 Å². The molecule has 0 aliphatic carbocycles. The van der Waals surface area contributed by atoms with E-state index in [0.717, 1.165) is 4.88 Å². The van der Waals surface area contributed by atoms with Crippen molar-refractivity contribution in [3.8, 4) is 6.07 Å². The van der Waals surface area contributed by atoms with E-state index in [2.05, 4.69) is 4.72 Å². The largest absolute Gasteiger partial charge is 0.216 e. The Kier molecular flexibility index (Phi) is 5.12. The van der Waals surface area contributed by atoms with Gasteiger partial charge in [-0.3, -0.25) is 0 Å². The molecule has 1 heterocycles. The zero-order chi connectivity index (χ0) is 15.3. The average Bonchev–Trinajstić information content (AvgIpc) is 2.99. The molecule has 1 unspecified atom stereocenters. The molecule has 0 aliphatic heterocycles. The highest BCUT2D eigenvalue weighted by Gasteiger charge is 2.20. The minimum atomic E-state index is -3.50. The lowest BCUT2D eigenvalue weighted by Gasteiger charge is -2.16. The molecule has 0 bridgehead atoms. The van der Waals surface area contributed by atoms with Crippen LogP contribution in [0.2, 0.25) is 0 Å². The quantitative estimate of drug-likeness (QED) is 0.888. The number of benzene rings is 1. The van der Waals surface area contributed by atoms with Gasteiger partial charge >= 0.3 is 0 Å². The van der Waals surface area contributed by atoms with E-state index in [1.54, 1.807) is 24.3 Å². The van der Waals surface area contributed by atoms with Crippen LogP contribution in [0.3, 0.4) is 0 Å². The van der Waals surface area contributed by atoms with E-state index in [1.165, 1.54) is 11.3 Å². The van der Waals surface area contributed by atoms with Crippen molar-refractivity contribution in [2.24, 2.45) is 0 Å². The Morgan fingerprint density at radius 1 is 1.29 bits per heavy atom. The standard InChI is InChI=1S/C15H16N2O2S2/c1-2-14(15-8-5-9-20-15)17-21(18,19)11-13-7-4-3-6-12(13)10-16/h3-9,14,17H,2,11H2,1H3. The van der Waals surface area contributed by atoms with Crippen molar-refractivity contribution in [2.45, 2.75) is 25.1 Å². The molecule has 110 valence electrons. The van der Waals surface area contributed by atoms with Gasteiger partial charge in [0.15, 0.2) is 0 Å². The third kappa shape index (κ3) is 4.14. The number of thiophene rings is 1. The molecule has 21 heavy (non-hydrogen) atoms. The van der Waals surface area contributed by atoms with Crippen LogP contribution in [0.1, 0.15) is 35.4 Å². The van der Waals surface area contributed by atoms with E-state index in [-0.39, 0.29) is 11.8 Å². The Morgan fingerprint density at radius 3 is 2.67 bits per heavy atom. The molecule has 0 spiro atoms. The first kappa shape index (κ1) is 15.7. The zero-order valence-corrected chi connectivity index (χ0v) is 13.2. The van der Waals surface area contributed by atoms with E-state index in [9.17, 15) is 8.42 Å². The first-order chi connectivity index (χ1) is 10.1. The highest BCUT2D eigenvalue weighted by Crippen LogP contribution is 2.23. The number of sulfonamides is 1. The smallest absolute Gasteiger partial charge is 0.212 e. The highest BCUT2D eigenvalue weighted by atomic mass is 32.2. The van der Waals surface area contributed by atoms with Gasteiger partial charge in [-0.15, -0.1) is 11.3 Å². The molecule has 4 nitrogen and oxygen atoms in total. The lowest BCUT2D eigenvalue weighted by atomic mass is 10.1. The molecule has 1 aromatic heterocycles. The van der Waals surface area contributed by atoms with Gasteiger partial charge in [-0.05, 0) is 29.5 Å². The Labute approximate surface area is 129 Å². The summed E-state index contributed by atoms with van der Waals surface area (Å²) < 4.78 is 27.4. The third-order valence-corrected chi connectivity index (χ3v) is 5.42. The van der Waals surface area contributed by atoms with Crippen molar-refractivity contribution >= 4 is 21.4 Å². The second-order valence-corrected chi connectivity index (χ2v) is 7.36. The summed E-state index contributed by atoms with van der Waals surface area (Å²) in [5.74, 6) is -0.182. The molecule has 0 aliphatic rings. The van der Waals surface area contributed by atoms with Crippen molar-refractivity contribution in [1.29, 1.82) is 5.26 Å². The number of nitrogens with zero attached hydrogens (tertiary/aromatic N) is 1. The van der Waals surface area contributed by atoms with Gasteiger partial charge < -0.3 is 0 Å². The molecule has 1 aromatic carbocycles. The van der Waals surface area contributed by atoms with Gasteiger partial charge in [0, 0.05) is 4.88 Å². The number of hydrogen-bond acceptors (Lipinski definition) is 4. The van der Waals surface area contributed by atoms with Crippen LogP contribution in [-0.4, -0.2) is 8.42 Å². The van der Waals surface area contributed by atoms with Gasteiger partial charge in [-0.25, -0.2) is 13.1 Å². The molecule has 1 N–H and O–H groups in total. The molecule has 0 radical (unpaired) electrons. The Balaban J connectivity index is 2.17. The first-order valence-electron chi connectivity index (χ1n) is 6.57. The van der Waals surface area contributed by atoms with Crippen LogP contribution in [0.25, 0.3) is 0 Å². The molecule has 1 atom stereocenters. The summed E-state index contributed by atoms with van der Waals surface area (Å²) in [5.41, 5.74) is 0.917. The van der Waals surface area contributed by atoms with E-state index >= 15 is 0 Å². The summed E-state index contributed by atoms with van der Waals surface area (Å²) in [4.78, 5) is 0.995. The minimum Gasteiger partial charge on any atom is -0.212 e. The third-order valence-electron chi connectivity index (χ3n) is 3.10. The topological polar surface area (TPSA) is 70.0 Å². The van der Waals surface area contributed by atoms with Gasteiger partial charge in [-0.1, -0.05) is 31.2 Å². The monoisotopic (exact) mass is 320 g/mol. The van der Waals surface area contributed by atoms with E-state index < -0.39 is 10.0 Å². The predicted octanol–water partition coefficient (Wildman–Crippen LogP) is 3.19. The second kappa shape index (κ2) is 6.85. The maximum Gasteiger partial charge on any atom is 0.216 e.